The zero-order chi connectivity index (χ0) is 12.8. The summed E-state index contributed by atoms with van der Waals surface area (Å²) in [4.78, 5) is 7.20. The maximum atomic E-state index is 4.42. The highest BCUT2D eigenvalue weighted by Gasteiger charge is 2.13. The maximum absolute atomic E-state index is 4.42. The average molecular weight is 260 g/mol. The second-order valence-corrected chi connectivity index (χ2v) is 5.80. The topological polar surface area (TPSA) is 24.9 Å². The minimum Gasteiger partial charge on any atom is -0.309 e. The highest BCUT2D eigenvalue weighted by molar-refractivity contribution is 7.12. The highest BCUT2D eigenvalue weighted by Crippen LogP contribution is 2.25. The largest absolute Gasteiger partial charge is 0.309 e. The molecule has 0 bridgehead atoms. The van der Waals surface area contributed by atoms with Crippen LogP contribution < -0.4 is 5.32 Å². The first-order valence-corrected chi connectivity index (χ1v) is 7.31. The lowest BCUT2D eigenvalue weighted by Gasteiger charge is -2.16. The van der Waals surface area contributed by atoms with Gasteiger partial charge in [0.2, 0.25) is 0 Å². The molecule has 0 radical (unpaired) electrons. The van der Waals surface area contributed by atoms with Crippen LogP contribution in [0, 0.1) is 6.92 Å². The minimum absolute atomic E-state index is 0.388. The van der Waals surface area contributed by atoms with Gasteiger partial charge in [0.15, 0.2) is 0 Å². The first-order chi connectivity index (χ1) is 8.79. The summed E-state index contributed by atoms with van der Waals surface area (Å²) < 4.78 is 0. The number of aryl methyl sites for hydroxylation is 1. The molecule has 1 N–H and O–H groups in total. The number of nitrogens with one attached hydrogen (secondary N) is 1. The molecule has 2 nitrogen and oxygen atoms in total. The van der Waals surface area contributed by atoms with Crippen molar-refractivity contribution < 1.29 is 0 Å². The molecule has 0 aliphatic heterocycles. The molecule has 2 rings (SSSR count). The predicted molar refractivity (Wildman–Crippen MR) is 78.0 cm³/mol. The predicted octanol–water partition coefficient (Wildman–Crippen LogP) is 3.73. The van der Waals surface area contributed by atoms with E-state index in [1.54, 1.807) is 0 Å². The molecule has 2 aromatic heterocycles. The molecule has 0 saturated carbocycles. The zero-order valence-electron chi connectivity index (χ0n) is 11.0. The molecule has 2 aromatic rings. The van der Waals surface area contributed by atoms with Gasteiger partial charge in [0.25, 0.3) is 0 Å². The smallest absolute Gasteiger partial charge is 0.0470 e. The van der Waals surface area contributed by atoms with Gasteiger partial charge in [-0.1, -0.05) is 13.0 Å². The summed E-state index contributed by atoms with van der Waals surface area (Å²) in [5.74, 6) is 0. The van der Waals surface area contributed by atoms with Crippen LogP contribution in [0.2, 0.25) is 0 Å². The molecule has 0 amide bonds. The van der Waals surface area contributed by atoms with Gasteiger partial charge in [-0.2, -0.15) is 0 Å². The molecule has 1 atom stereocenters. The number of nitrogens with zero attached hydrogens (tertiary/aromatic N) is 1. The van der Waals surface area contributed by atoms with E-state index in [-0.39, 0.29) is 0 Å². The first-order valence-electron chi connectivity index (χ1n) is 6.49. The Bertz CT molecular complexity index is 464. The average Bonchev–Trinajstić information content (AvgIpc) is 2.82. The molecule has 0 aromatic carbocycles. The van der Waals surface area contributed by atoms with Gasteiger partial charge in [-0.15, -0.1) is 11.3 Å². The van der Waals surface area contributed by atoms with Crippen LogP contribution in [-0.4, -0.2) is 11.5 Å². The van der Waals surface area contributed by atoms with Crippen molar-refractivity contribution >= 4 is 11.3 Å². The third-order valence-corrected chi connectivity index (χ3v) is 4.00. The van der Waals surface area contributed by atoms with E-state index >= 15 is 0 Å². The summed E-state index contributed by atoms with van der Waals surface area (Å²) >= 11 is 1.88. The zero-order valence-corrected chi connectivity index (χ0v) is 11.8. The molecule has 1 unspecified atom stereocenters. The van der Waals surface area contributed by atoms with Gasteiger partial charge >= 0.3 is 0 Å². The van der Waals surface area contributed by atoms with E-state index in [4.69, 9.17) is 0 Å². The Morgan fingerprint density at radius 2 is 2.17 bits per heavy atom. The molecular formula is C15H20N2S. The quantitative estimate of drug-likeness (QED) is 0.856. The van der Waals surface area contributed by atoms with Crippen molar-refractivity contribution in [3.8, 4) is 0 Å². The second-order valence-electron chi connectivity index (χ2n) is 4.48. The van der Waals surface area contributed by atoms with E-state index < -0.39 is 0 Å². The molecular weight excluding hydrogens is 240 g/mol. The Hall–Kier alpha value is -1.19. The molecule has 2 heterocycles. The molecule has 0 aliphatic carbocycles. The number of aromatic nitrogens is 1. The van der Waals surface area contributed by atoms with Gasteiger partial charge in [0.05, 0.1) is 0 Å². The van der Waals surface area contributed by atoms with Gasteiger partial charge in [-0.25, -0.2) is 0 Å². The van der Waals surface area contributed by atoms with Gasteiger partial charge in [-0.3, -0.25) is 4.98 Å². The highest BCUT2D eigenvalue weighted by atomic mass is 32.1. The van der Waals surface area contributed by atoms with E-state index in [9.17, 15) is 0 Å². The molecule has 18 heavy (non-hydrogen) atoms. The normalized spacial score (nSPS) is 12.6. The van der Waals surface area contributed by atoms with Gasteiger partial charge < -0.3 is 5.32 Å². The van der Waals surface area contributed by atoms with Crippen molar-refractivity contribution in [2.24, 2.45) is 0 Å². The molecule has 96 valence electrons. The van der Waals surface area contributed by atoms with Crippen LogP contribution >= 0.6 is 11.3 Å². The minimum atomic E-state index is 0.388. The summed E-state index contributed by atoms with van der Waals surface area (Å²) in [6, 6.07) is 10.9. The third-order valence-electron chi connectivity index (χ3n) is 2.88. The first kappa shape index (κ1) is 13.2. The molecule has 0 aliphatic rings. The number of thiophene rings is 1. The standard InChI is InChI=1S/C15H20N2S/c1-3-9-17-14(15-8-7-12(2)18-15)11-13-6-4-5-10-16-13/h4-8,10,14,17H,3,9,11H2,1-2H3. The van der Waals surface area contributed by atoms with E-state index in [1.807, 2.05) is 23.6 Å². The van der Waals surface area contributed by atoms with Crippen LogP contribution in [-0.2, 0) is 6.42 Å². The molecule has 3 heteroatoms. The van der Waals surface area contributed by atoms with Crippen LogP contribution in [0.5, 0.6) is 0 Å². The van der Waals surface area contributed by atoms with Crippen LogP contribution in [0.15, 0.2) is 36.5 Å². The Morgan fingerprint density at radius 1 is 1.28 bits per heavy atom. The van der Waals surface area contributed by atoms with E-state index in [2.05, 4.69) is 48.4 Å². The molecule has 0 saturated heterocycles. The fraction of sp³-hybridized carbons (Fsp3) is 0.400. The Morgan fingerprint density at radius 3 is 2.78 bits per heavy atom. The fourth-order valence-corrected chi connectivity index (χ4v) is 2.91. The van der Waals surface area contributed by atoms with Crippen LogP contribution in [0.1, 0.15) is 34.8 Å². The lowest BCUT2D eigenvalue weighted by atomic mass is 10.1. The summed E-state index contributed by atoms with van der Waals surface area (Å²) in [6.07, 6.45) is 3.98. The lowest BCUT2D eigenvalue weighted by molar-refractivity contribution is 0.531. The van der Waals surface area contributed by atoms with Crippen molar-refractivity contribution in [2.45, 2.75) is 32.7 Å². The van der Waals surface area contributed by atoms with E-state index in [1.165, 1.54) is 9.75 Å². The van der Waals surface area contributed by atoms with Crippen LogP contribution in [0.3, 0.4) is 0 Å². The maximum Gasteiger partial charge on any atom is 0.0470 e. The van der Waals surface area contributed by atoms with Crippen LogP contribution in [0.4, 0.5) is 0 Å². The summed E-state index contributed by atoms with van der Waals surface area (Å²) in [5.41, 5.74) is 1.15. The van der Waals surface area contributed by atoms with Crippen LogP contribution in [0.25, 0.3) is 0 Å². The Labute approximate surface area is 113 Å². The number of hydrogen-bond acceptors (Lipinski definition) is 3. The fourth-order valence-electron chi connectivity index (χ4n) is 1.96. The van der Waals surface area contributed by atoms with Crippen molar-refractivity contribution in [2.75, 3.05) is 6.54 Å². The SMILES string of the molecule is CCCNC(Cc1ccccn1)c1ccc(C)s1. The van der Waals surface area contributed by atoms with Crippen molar-refractivity contribution in [1.82, 2.24) is 10.3 Å². The molecule has 0 fully saturated rings. The van der Waals surface area contributed by atoms with Gasteiger partial charge in [-0.05, 0) is 44.2 Å². The second kappa shape index (κ2) is 6.66. The summed E-state index contributed by atoms with van der Waals surface area (Å²) in [5, 5.41) is 3.62. The van der Waals surface area contributed by atoms with Gasteiger partial charge in [0.1, 0.15) is 0 Å². The van der Waals surface area contributed by atoms with E-state index in [0.717, 1.165) is 25.1 Å². The van der Waals surface area contributed by atoms with Crippen molar-refractivity contribution in [1.29, 1.82) is 0 Å². The summed E-state index contributed by atoms with van der Waals surface area (Å²) in [6.45, 7) is 5.41. The monoisotopic (exact) mass is 260 g/mol. The number of pyridine rings is 1. The van der Waals surface area contributed by atoms with Gasteiger partial charge in [0, 0.05) is 34.1 Å². The number of hydrogen-bond donors (Lipinski definition) is 1. The summed E-state index contributed by atoms with van der Waals surface area (Å²) in [7, 11) is 0. The van der Waals surface area contributed by atoms with Crippen molar-refractivity contribution in [3.63, 3.8) is 0 Å². The van der Waals surface area contributed by atoms with Crippen molar-refractivity contribution in [3.05, 3.63) is 52.0 Å². The molecule has 0 spiro atoms. The third kappa shape index (κ3) is 3.65. The Balaban J connectivity index is 2.10. The lowest BCUT2D eigenvalue weighted by Crippen LogP contribution is -2.23. The Kier molecular flexibility index (Phi) is 4.90. The number of rotatable bonds is 6. The van der Waals surface area contributed by atoms with E-state index in [0.29, 0.717) is 6.04 Å².